The van der Waals surface area contributed by atoms with Crippen LogP contribution in [0.4, 0.5) is 0 Å². The van der Waals surface area contributed by atoms with Crippen LogP contribution in [0, 0.1) is 0 Å². The highest BCUT2D eigenvalue weighted by Crippen LogP contribution is 2.46. The van der Waals surface area contributed by atoms with Crippen molar-refractivity contribution < 1.29 is 4.42 Å². The van der Waals surface area contributed by atoms with Crippen molar-refractivity contribution in [1.29, 1.82) is 0 Å². The smallest absolute Gasteiger partial charge is 0.136 e. The number of rotatable bonds is 4. The maximum absolute atomic E-state index is 6.29. The van der Waals surface area contributed by atoms with Crippen molar-refractivity contribution in [3.8, 4) is 44.5 Å². The maximum atomic E-state index is 6.29. The Morgan fingerprint density at radius 1 is 0.275 bits per heavy atom. The molecular formula is C50H30O. The van der Waals surface area contributed by atoms with Crippen molar-refractivity contribution in [1.82, 2.24) is 0 Å². The largest absolute Gasteiger partial charge is 0.456 e. The van der Waals surface area contributed by atoms with E-state index in [9.17, 15) is 0 Å². The van der Waals surface area contributed by atoms with Crippen molar-refractivity contribution in [3.05, 3.63) is 182 Å². The van der Waals surface area contributed by atoms with Crippen LogP contribution in [-0.2, 0) is 0 Å². The molecule has 1 heteroatoms. The van der Waals surface area contributed by atoms with Gasteiger partial charge >= 0.3 is 0 Å². The number of hydrogen-bond donors (Lipinski definition) is 0. The van der Waals surface area contributed by atoms with Crippen LogP contribution >= 0.6 is 0 Å². The summed E-state index contributed by atoms with van der Waals surface area (Å²) < 4.78 is 6.29. The summed E-state index contributed by atoms with van der Waals surface area (Å²) in [7, 11) is 0. The summed E-state index contributed by atoms with van der Waals surface area (Å²) in [4.78, 5) is 0. The van der Waals surface area contributed by atoms with Gasteiger partial charge in [-0.15, -0.1) is 0 Å². The summed E-state index contributed by atoms with van der Waals surface area (Å²) in [5.41, 5.74) is 11.7. The maximum Gasteiger partial charge on any atom is 0.136 e. The lowest BCUT2D eigenvalue weighted by atomic mass is 9.84. The van der Waals surface area contributed by atoms with Crippen molar-refractivity contribution >= 4 is 65.0 Å². The van der Waals surface area contributed by atoms with Crippen molar-refractivity contribution in [2.24, 2.45) is 0 Å². The molecule has 0 saturated heterocycles. The Morgan fingerprint density at radius 3 is 1.53 bits per heavy atom. The summed E-state index contributed by atoms with van der Waals surface area (Å²) >= 11 is 0. The predicted octanol–water partition coefficient (Wildman–Crippen LogP) is 14.3. The molecule has 0 radical (unpaired) electrons. The van der Waals surface area contributed by atoms with E-state index in [-0.39, 0.29) is 0 Å². The molecule has 1 aromatic heterocycles. The molecule has 0 spiro atoms. The van der Waals surface area contributed by atoms with Crippen LogP contribution in [-0.4, -0.2) is 0 Å². The summed E-state index contributed by atoms with van der Waals surface area (Å²) in [5, 5.41) is 12.4. The second kappa shape index (κ2) is 10.9. The lowest BCUT2D eigenvalue weighted by Gasteiger charge is -2.19. The molecule has 1 nitrogen and oxygen atoms in total. The van der Waals surface area contributed by atoms with Crippen LogP contribution in [0.1, 0.15) is 0 Å². The van der Waals surface area contributed by atoms with Crippen molar-refractivity contribution in [2.75, 3.05) is 0 Å². The third-order valence-electron chi connectivity index (χ3n) is 10.8. The number of benzene rings is 10. The van der Waals surface area contributed by atoms with Gasteiger partial charge in [0.15, 0.2) is 0 Å². The Hall–Kier alpha value is -6.70. The van der Waals surface area contributed by atoms with Gasteiger partial charge in [0, 0.05) is 10.8 Å². The third-order valence-corrected chi connectivity index (χ3v) is 10.8. The van der Waals surface area contributed by atoms with Crippen LogP contribution in [0.2, 0.25) is 0 Å². The summed E-state index contributed by atoms with van der Waals surface area (Å²) in [6.45, 7) is 0. The summed E-state index contributed by atoms with van der Waals surface area (Å²) in [5.74, 6) is 0. The zero-order valence-electron chi connectivity index (χ0n) is 27.7. The summed E-state index contributed by atoms with van der Waals surface area (Å²) in [6, 6.07) is 66.5. The van der Waals surface area contributed by atoms with E-state index >= 15 is 0 Å². The van der Waals surface area contributed by atoms with Crippen molar-refractivity contribution in [2.45, 2.75) is 0 Å². The minimum Gasteiger partial charge on any atom is -0.456 e. The quantitative estimate of drug-likeness (QED) is 0.137. The number of hydrogen-bond acceptors (Lipinski definition) is 1. The minimum atomic E-state index is 0.939. The highest BCUT2D eigenvalue weighted by molar-refractivity contribution is 6.25. The standard InChI is InChI=1S/C50H30O/c1-2-11-33-28-35(23-22-31(33)10-1)34-13-7-15-37(29-34)47-40-17-3-5-19-42(40)48(43-20-6-4-18-41(43)47)38-16-8-14-36(30-38)39-26-27-46-50-44(39)25-24-32-12-9-21-45(51-46)49(32)50/h1-30H. The first-order valence-electron chi connectivity index (χ1n) is 17.6. The van der Waals surface area contributed by atoms with Crippen LogP contribution in [0.3, 0.4) is 0 Å². The molecule has 0 unspecified atom stereocenters. The molecule has 0 amide bonds. The first-order chi connectivity index (χ1) is 25.3. The lowest BCUT2D eigenvalue weighted by Crippen LogP contribution is -1.92. The first kappa shape index (κ1) is 28.2. The van der Waals surface area contributed by atoms with Crippen LogP contribution in [0.25, 0.3) is 110 Å². The molecule has 0 bridgehead atoms. The average Bonchev–Trinajstić information content (AvgIpc) is 3.59. The Kier molecular flexibility index (Phi) is 6.02. The normalized spacial score (nSPS) is 11.9. The molecule has 0 aliphatic carbocycles. The second-order valence-corrected chi connectivity index (χ2v) is 13.6. The third kappa shape index (κ3) is 4.28. The lowest BCUT2D eigenvalue weighted by molar-refractivity contribution is 0.669. The van der Waals surface area contributed by atoms with Crippen LogP contribution < -0.4 is 0 Å². The first-order valence-corrected chi connectivity index (χ1v) is 17.6. The molecule has 11 rings (SSSR count). The fourth-order valence-electron chi connectivity index (χ4n) is 8.51. The van der Waals surface area contributed by atoms with Gasteiger partial charge in [0.05, 0.1) is 0 Å². The summed E-state index contributed by atoms with van der Waals surface area (Å²) in [6.07, 6.45) is 0. The highest BCUT2D eigenvalue weighted by Gasteiger charge is 2.19. The molecule has 1 heterocycles. The van der Waals surface area contributed by atoms with Gasteiger partial charge in [0.1, 0.15) is 11.2 Å². The second-order valence-electron chi connectivity index (χ2n) is 13.6. The van der Waals surface area contributed by atoms with E-state index < -0.39 is 0 Å². The molecule has 0 saturated carbocycles. The molecule has 0 atom stereocenters. The monoisotopic (exact) mass is 646 g/mol. The highest BCUT2D eigenvalue weighted by atomic mass is 16.3. The Balaban J connectivity index is 1.11. The zero-order valence-corrected chi connectivity index (χ0v) is 27.7. The van der Waals surface area contributed by atoms with Crippen LogP contribution in [0.5, 0.6) is 0 Å². The molecule has 11 aromatic rings. The fraction of sp³-hybridized carbons (Fsp3) is 0. The molecular weight excluding hydrogens is 617 g/mol. The topological polar surface area (TPSA) is 13.1 Å². The molecule has 0 fully saturated rings. The van der Waals surface area contributed by atoms with Gasteiger partial charge in [-0.2, -0.15) is 0 Å². The van der Waals surface area contributed by atoms with E-state index in [0.717, 1.165) is 11.2 Å². The van der Waals surface area contributed by atoms with Gasteiger partial charge in [-0.1, -0.05) is 152 Å². The van der Waals surface area contributed by atoms with Gasteiger partial charge in [-0.25, -0.2) is 0 Å². The van der Waals surface area contributed by atoms with E-state index in [2.05, 4.69) is 182 Å². The van der Waals surface area contributed by atoms with Crippen LogP contribution in [0.15, 0.2) is 186 Å². The molecule has 51 heavy (non-hydrogen) atoms. The van der Waals surface area contributed by atoms with E-state index in [4.69, 9.17) is 4.42 Å². The predicted molar refractivity (Wildman–Crippen MR) is 217 cm³/mol. The Labute approximate surface area is 295 Å². The molecule has 10 aromatic carbocycles. The fourth-order valence-corrected chi connectivity index (χ4v) is 8.51. The van der Waals surface area contributed by atoms with Gasteiger partial charge in [0.2, 0.25) is 0 Å². The number of furan rings is 1. The Morgan fingerprint density at radius 2 is 0.804 bits per heavy atom. The molecule has 236 valence electrons. The van der Waals surface area contributed by atoms with E-state index in [1.54, 1.807) is 0 Å². The molecule has 0 N–H and O–H groups in total. The SMILES string of the molecule is c1cc(-c2ccc3ccccc3c2)cc(-c2c3ccccc3c(-c3cccc(-c4ccc5oc6cccc7ccc4c5c76)c3)c3ccccc23)c1. The van der Waals surface area contributed by atoms with E-state index in [0.29, 0.717) is 0 Å². The van der Waals surface area contributed by atoms with Gasteiger partial charge < -0.3 is 4.42 Å². The van der Waals surface area contributed by atoms with Crippen molar-refractivity contribution in [3.63, 3.8) is 0 Å². The number of fused-ring (bicyclic) bond motifs is 3. The molecule has 0 aliphatic rings. The molecule has 0 aliphatic heterocycles. The van der Waals surface area contributed by atoms with E-state index in [1.165, 1.54) is 98.4 Å². The average molecular weight is 647 g/mol. The van der Waals surface area contributed by atoms with Gasteiger partial charge in [-0.05, 0) is 118 Å². The van der Waals surface area contributed by atoms with Gasteiger partial charge in [-0.3, -0.25) is 0 Å². The zero-order chi connectivity index (χ0) is 33.5. The van der Waals surface area contributed by atoms with Gasteiger partial charge in [0.25, 0.3) is 0 Å². The minimum absolute atomic E-state index is 0.939. The Bertz CT molecular complexity index is 3080. The van der Waals surface area contributed by atoms with E-state index in [1.807, 2.05) is 0 Å².